The van der Waals surface area contributed by atoms with Crippen LogP contribution < -0.4 is 5.73 Å². The molecule has 9 nitrogen and oxygen atoms in total. The van der Waals surface area contributed by atoms with E-state index in [1.807, 2.05) is 6.07 Å². The number of nitrogens with zero attached hydrogens (tertiary/aromatic N) is 1. The summed E-state index contributed by atoms with van der Waals surface area (Å²) in [6.45, 7) is 4.29. The number of phenolic OH excluding ortho intramolecular Hbond substituents is 1. The van der Waals surface area contributed by atoms with Crippen LogP contribution in [0, 0.1) is 17.8 Å². The predicted molar refractivity (Wildman–Crippen MR) is 136 cm³/mol. The number of aliphatic hydroxyl groups excluding tert-OH is 2. The van der Waals surface area contributed by atoms with Crippen LogP contribution in [0.5, 0.6) is 5.75 Å². The minimum atomic E-state index is -2.62. The molecule has 0 saturated heterocycles. The van der Waals surface area contributed by atoms with Gasteiger partial charge in [-0.3, -0.25) is 19.3 Å². The van der Waals surface area contributed by atoms with Crippen molar-refractivity contribution < 1.29 is 34.8 Å². The van der Waals surface area contributed by atoms with Gasteiger partial charge in [-0.15, -0.1) is 0 Å². The van der Waals surface area contributed by atoms with Gasteiger partial charge in [0.25, 0.3) is 5.91 Å². The number of likely N-dealkylation sites (N-methyl/N-ethyl adjacent to an activating group) is 1. The van der Waals surface area contributed by atoms with Crippen LogP contribution in [0.1, 0.15) is 61.0 Å². The third-order valence-corrected chi connectivity index (χ3v) is 8.68. The third kappa shape index (κ3) is 3.95. The molecular formula is C28H36N2O7. The zero-order valence-electron chi connectivity index (χ0n) is 21.7. The Hall–Kier alpha value is -3.17. The van der Waals surface area contributed by atoms with E-state index < -0.39 is 58.0 Å². The summed E-state index contributed by atoms with van der Waals surface area (Å²) in [5.74, 6) is -5.79. The van der Waals surface area contributed by atoms with Gasteiger partial charge >= 0.3 is 0 Å². The summed E-state index contributed by atoms with van der Waals surface area (Å²) in [4.78, 5) is 40.7. The van der Waals surface area contributed by atoms with E-state index in [-0.39, 0.29) is 23.3 Å². The number of Topliss-reactive ketones (excluding diaryl/α,β-unsaturated/α-hetero) is 2. The molecule has 0 aliphatic heterocycles. The van der Waals surface area contributed by atoms with Gasteiger partial charge in [0.2, 0.25) is 5.78 Å². The summed E-state index contributed by atoms with van der Waals surface area (Å²) in [7, 11) is 3.22. The van der Waals surface area contributed by atoms with Gasteiger partial charge in [0.15, 0.2) is 11.4 Å². The number of aliphatic hydroxyl groups is 3. The SMILES string of the molecule is CCC(CC)CCc1ccc(O)c2c1C[C@@H]1C[C@@H]3[C@@H](N(C)C)C(O)=C(C(N)=O)C(=O)[C@]3(O)C(O)=C1C2=O. The van der Waals surface area contributed by atoms with E-state index in [1.165, 1.54) is 6.07 Å². The van der Waals surface area contributed by atoms with Gasteiger partial charge in [-0.05, 0) is 68.8 Å². The Bertz CT molecular complexity index is 1230. The first-order chi connectivity index (χ1) is 17.4. The van der Waals surface area contributed by atoms with Crippen LogP contribution in [0.15, 0.2) is 34.8 Å². The maximum atomic E-state index is 13.7. The van der Waals surface area contributed by atoms with Gasteiger partial charge in [-0.2, -0.15) is 0 Å². The molecule has 0 fully saturated rings. The van der Waals surface area contributed by atoms with Crippen molar-refractivity contribution in [3.8, 4) is 5.75 Å². The fourth-order valence-corrected chi connectivity index (χ4v) is 6.61. The van der Waals surface area contributed by atoms with Crippen molar-refractivity contribution in [1.82, 2.24) is 4.90 Å². The Kier molecular flexibility index (Phi) is 6.98. The second-order valence-electron chi connectivity index (χ2n) is 10.8. The normalized spacial score (nSPS) is 27.5. The van der Waals surface area contributed by atoms with Gasteiger partial charge in [0, 0.05) is 11.5 Å². The number of rotatable bonds is 7. The molecule has 0 aromatic heterocycles. The van der Waals surface area contributed by atoms with Gasteiger partial charge < -0.3 is 26.2 Å². The van der Waals surface area contributed by atoms with Crippen molar-refractivity contribution in [2.75, 3.05) is 14.1 Å². The first kappa shape index (κ1) is 26.9. The number of aryl methyl sites for hydroxylation is 1. The Morgan fingerprint density at radius 1 is 1.16 bits per heavy atom. The standard InChI is InChI=1S/C28H36N2O7/c1-5-13(6-2)7-8-14-9-10-18(31)20-16(14)11-15-12-17-22(30(3)4)24(33)21(27(29)36)26(35)28(17,37)25(34)19(15)23(20)32/h9-10,13,15,17,22,31,33-34,37H,5-8,11-12H2,1-4H3,(H2,29,36)/t15-,17-,22-,28-/m1/s1. The zero-order valence-corrected chi connectivity index (χ0v) is 21.7. The Balaban J connectivity index is 1.86. The number of phenols is 1. The first-order valence-electron chi connectivity index (χ1n) is 12.9. The van der Waals surface area contributed by atoms with E-state index in [9.17, 15) is 34.8 Å². The number of hydrogen-bond donors (Lipinski definition) is 5. The van der Waals surface area contributed by atoms with E-state index in [1.54, 1.807) is 19.0 Å². The second-order valence-corrected chi connectivity index (χ2v) is 10.8. The van der Waals surface area contributed by atoms with Crippen LogP contribution in [0.25, 0.3) is 0 Å². The lowest BCUT2D eigenvalue weighted by Crippen LogP contribution is -2.63. The highest BCUT2D eigenvalue weighted by Gasteiger charge is 2.63. The minimum Gasteiger partial charge on any atom is -0.510 e. The fraction of sp³-hybridized carbons (Fsp3) is 0.536. The molecule has 0 heterocycles. The lowest BCUT2D eigenvalue weighted by molar-refractivity contribution is -0.148. The van der Waals surface area contributed by atoms with Crippen LogP contribution in [0.3, 0.4) is 0 Å². The van der Waals surface area contributed by atoms with Crippen molar-refractivity contribution in [1.29, 1.82) is 0 Å². The van der Waals surface area contributed by atoms with Gasteiger partial charge in [0.05, 0.1) is 11.6 Å². The van der Waals surface area contributed by atoms with E-state index in [0.29, 0.717) is 17.9 Å². The summed E-state index contributed by atoms with van der Waals surface area (Å²) in [5, 5.41) is 44.5. The smallest absolute Gasteiger partial charge is 0.255 e. The molecule has 1 aromatic carbocycles. The van der Waals surface area contributed by atoms with Crippen molar-refractivity contribution in [3.63, 3.8) is 0 Å². The molecular weight excluding hydrogens is 476 g/mol. The largest absolute Gasteiger partial charge is 0.510 e. The van der Waals surface area contributed by atoms with Gasteiger partial charge in [0.1, 0.15) is 22.8 Å². The highest BCUT2D eigenvalue weighted by Crippen LogP contribution is 2.52. The van der Waals surface area contributed by atoms with Crippen molar-refractivity contribution in [3.05, 3.63) is 51.5 Å². The fourth-order valence-electron chi connectivity index (χ4n) is 6.61. The topological polar surface area (TPSA) is 161 Å². The van der Waals surface area contributed by atoms with E-state index in [4.69, 9.17) is 5.73 Å². The number of ketones is 2. The predicted octanol–water partition coefficient (Wildman–Crippen LogP) is 2.49. The third-order valence-electron chi connectivity index (χ3n) is 8.68. The maximum Gasteiger partial charge on any atom is 0.255 e. The molecule has 3 aliphatic rings. The molecule has 0 radical (unpaired) electrons. The molecule has 9 heteroatoms. The molecule has 6 N–H and O–H groups in total. The lowest BCUT2D eigenvalue weighted by atomic mass is 9.58. The molecule has 1 amide bonds. The number of primary amides is 1. The van der Waals surface area contributed by atoms with Gasteiger partial charge in [-0.25, -0.2) is 0 Å². The van der Waals surface area contributed by atoms with Gasteiger partial charge in [-0.1, -0.05) is 32.8 Å². The summed E-state index contributed by atoms with van der Waals surface area (Å²) in [6.07, 6.45) is 4.17. The number of nitrogens with two attached hydrogens (primary N) is 1. The van der Waals surface area contributed by atoms with E-state index in [0.717, 1.165) is 31.2 Å². The number of hydrogen-bond acceptors (Lipinski definition) is 8. The number of carbonyl (C=O) groups is 3. The average molecular weight is 513 g/mol. The Morgan fingerprint density at radius 2 is 1.81 bits per heavy atom. The van der Waals surface area contributed by atoms with Crippen LogP contribution in [-0.4, -0.2) is 68.5 Å². The molecule has 37 heavy (non-hydrogen) atoms. The van der Waals surface area contributed by atoms with Crippen LogP contribution in [0.2, 0.25) is 0 Å². The number of fused-ring (bicyclic) bond motifs is 3. The Morgan fingerprint density at radius 3 is 2.38 bits per heavy atom. The quantitative estimate of drug-likeness (QED) is 0.348. The number of aromatic hydroxyl groups is 1. The summed E-state index contributed by atoms with van der Waals surface area (Å²) >= 11 is 0. The number of benzene rings is 1. The molecule has 4 rings (SSSR count). The molecule has 1 aromatic rings. The zero-order chi connectivity index (χ0) is 27.4. The van der Waals surface area contributed by atoms with Crippen LogP contribution in [-0.2, 0) is 22.4 Å². The molecule has 0 bridgehead atoms. The monoisotopic (exact) mass is 512 g/mol. The Labute approximate surface area is 216 Å². The van der Waals surface area contributed by atoms with Crippen molar-refractivity contribution in [2.45, 2.75) is 64.0 Å². The summed E-state index contributed by atoms with van der Waals surface area (Å²) in [6, 6.07) is 2.30. The maximum absolute atomic E-state index is 13.7. The molecule has 200 valence electrons. The number of allylic oxidation sites excluding steroid dienone is 1. The number of carbonyl (C=O) groups excluding carboxylic acids is 3. The van der Waals surface area contributed by atoms with E-state index in [2.05, 4.69) is 13.8 Å². The molecule has 0 unspecified atom stereocenters. The highest BCUT2D eigenvalue weighted by atomic mass is 16.3. The number of amides is 1. The van der Waals surface area contributed by atoms with Crippen LogP contribution in [0.4, 0.5) is 0 Å². The minimum absolute atomic E-state index is 0.0721. The van der Waals surface area contributed by atoms with E-state index >= 15 is 0 Å². The second kappa shape index (κ2) is 9.61. The summed E-state index contributed by atoms with van der Waals surface area (Å²) < 4.78 is 0. The van der Waals surface area contributed by atoms with Crippen molar-refractivity contribution in [2.24, 2.45) is 23.5 Å². The van der Waals surface area contributed by atoms with Crippen molar-refractivity contribution >= 4 is 17.5 Å². The highest BCUT2D eigenvalue weighted by molar-refractivity contribution is 6.24. The molecule has 0 saturated carbocycles. The average Bonchev–Trinajstić information content (AvgIpc) is 2.82. The molecule has 3 aliphatic carbocycles. The lowest BCUT2D eigenvalue weighted by Gasteiger charge is -2.50. The first-order valence-corrected chi connectivity index (χ1v) is 12.9. The summed E-state index contributed by atoms with van der Waals surface area (Å²) in [5.41, 5.74) is 3.54. The molecule has 4 atom stereocenters. The van der Waals surface area contributed by atoms with Crippen LogP contribution >= 0.6 is 0 Å². The molecule has 0 spiro atoms.